The van der Waals surface area contributed by atoms with Gasteiger partial charge in [0.15, 0.2) is 6.10 Å². The molecule has 8 heteroatoms. The van der Waals surface area contributed by atoms with Gasteiger partial charge in [-0.2, -0.15) is 0 Å². The Bertz CT molecular complexity index is 600. The van der Waals surface area contributed by atoms with Crippen LogP contribution in [-0.2, 0) is 11.3 Å². The molecule has 0 bridgehead atoms. The molecular formula is C13H16N4O3S. The van der Waals surface area contributed by atoms with Crippen molar-refractivity contribution in [3.63, 3.8) is 0 Å². The number of methoxy groups -OCH3 is 1. The lowest BCUT2D eigenvalue weighted by Crippen LogP contribution is -2.30. The third-order valence-corrected chi connectivity index (χ3v) is 3.47. The number of nitrogens with zero attached hydrogens (tertiary/aromatic N) is 2. The maximum atomic E-state index is 12.0. The number of nitrogens with one attached hydrogen (secondary N) is 1. The van der Waals surface area contributed by atoms with Gasteiger partial charge in [-0.15, -0.1) is 10.2 Å². The molecule has 112 valence electrons. The largest absolute Gasteiger partial charge is 0.497 e. The molecule has 21 heavy (non-hydrogen) atoms. The molecule has 1 aromatic carbocycles. The topological polar surface area (TPSA) is 99.4 Å². The Morgan fingerprint density at radius 1 is 1.33 bits per heavy atom. The van der Waals surface area contributed by atoms with E-state index in [1.165, 1.54) is 11.3 Å². The zero-order chi connectivity index (χ0) is 15.2. The number of nitrogens with two attached hydrogens (primary N) is 1. The maximum Gasteiger partial charge on any atom is 0.266 e. The highest BCUT2D eigenvalue weighted by atomic mass is 32.1. The Balaban J connectivity index is 1.92. The van der Waals surface area contributed by atoms with Crippen LogP contribution in [0.2, 0.25) is 0 Å². The first-order valence-electron chi connectivity index (χ1n) is 6.26. The fourth-order valence-corrected chi connectivity index (χ4v) is 2.13. The van der Waals surface area contributed by atoms with Gasteiger partial charge in [0.05, 0.1) is 7.11 Å². The van der Waals surface area contributed by atoms with Gasteiger partial charge in [0.25, 0.3) is 5.91 Å². The molecule has 1 amide bonds. The minimum atomic E-state index is -0.663. The van der Waals surface area contributed by atoms with Gasteiger partial charge in [-0.25, -0.2) is 0 Å². The first-order chi connectivity index (χ1) is 10.1. The van der Waals surface area contributed by atoms with Gasteiger partial charge in [-0.3, -0.25) is 10.1 Å². The van der Waals surface area contributed by atoms with Crippen LogP contribution in [0.1, 0.15) is 11.9 Å². The maximum absolute atomic E-state index is 12.0. The van der Waals surface area contributed by atoms with Gasteiger partial charge in [-0.1, -0.05) is 11.3 Å². The Morgan fingerprint density at radius 3 is 2.57 bits per heavy atom. The number of anilines is 1. The highest BCUT2D eigenvalue weighted by Gasteiger charge is 2.16. The van der Waals surface area contributed by atoms with E-state index in [1.807, 2.05) is 0 Å². The van der Waals surface area contributed by atoms with E-state index < -0.39 is 6.10 Å². The second kappa shape index (κ2) is 7.00. The Kier molecular flexibility index (Phi) is 5.07. The zero-order valence-corrected chi connectivity index (χ0v) is 12.5. The van der Waals surface area contributed by atoms with Gasteiger partial charge in [0.2, 0.25) is 5.13 Å². The Labute approximate surface area is 126 Å². The van der Waals surface area contributed by atoms with Crippen LogP contribution >= 0.6 is 11.3 Å². The normalized spacial score (nSPS) is 11.8. The molecule has 0 saturated carbocycles. The predicted molar refractivity (Wildman–Crippen MR) is 79.5 cm³/mol. The fraction of sp³-hybridized carbons (Fsp3) is 0.308. The zero-order valence-electron chi connectivity index (χ0n) is 11.7. The standard InChI is InChI=1S/C13H16N4O3S/c1-8(20-10-5-3-9(19-2)4-6-10)12(18)15-13-17-16-11(7-14)21-13/h3-6,8H,7,14H2,1-2H3,(H,15,17,18). The molecule has 0 aliphatic heterocycles. The first kappa shape index (κ1) is 15.2. The first-order valence-corrected chi connectivity index (χ1v) is 7.08. The average molecular weight is 308 g/mol. The minimum absolute atomic E-state index is 0.297. The summed E-state index contributed by atoms with van der Waals surface area (Å²) in [6.07, 6.45) is -0.663. The van der Waals surface area contributed by atoms with Crippen LogP contribution in [-0.4, -0.2) is 29.3 Å². The summed E-state index contributed by atoms with van der Waals surface area (Å²) in [5, 5.41) is 11.4. The molecular weight excluding hydrogens is 292 g/mol. The second-order valence-electron chi connectivity index (χ2n) is 4.13. The van der Waals surface area contributed by atoms with Gasteiger partial charge in [0.1, 0.15) is 16.5 Å². The van der Waals surface area contributed by atoms with Gasteiger partial charge in [-0.05, 0) is 31.2 Å². The van der Waals surface area contributed by atoms with Crippen LogP contribution in [0, 0.1) is 0 Å². The molecule has 1 aromatic heterocycles. The molecule has 0 aliphatic carbocycles. The molecule has 0 spiro atoms. The molecule has 1 heterocycles. The van der Waals surface area contributed by atoms with Crippen LogP contribution in [0.15, 0.2) is 24.3 Å². The third-order valence-electron chi connectivity index (χ3n) is 2.61. The summed E-state index contributed by atoms with van der Waals surface area (Å²) in [5.74, 6) is 1.01. The number of hydrogen-bond donors (Lipinski definition) is 2. The highest BCUT2D eigenvalue weighted by Crippen LogP contribution is 2.19. The quantitative estimate of drug-likeness (QED) is 0.837. The molecule has 2 aromatic rings. The summed E-state index contributed by atoms with van der Waals surface area (Å²) < 4.78 is 10.6. The van der Waals surface area contributed by atoms with Crippen molar-refractivity contribution in [1.29, 1.82) is 0 Å². The van der Waals surface area contributed by atoms with E-state index in [2.05, 4.69) is 15.5 Å². The average Bonchev–Trinajstić information content (AvgIpc) is 2.95. The highest BCUT2D eigenvalue weighted by molar-refractivity contribution is 7.15. The third kappa shape index (κ3) is 4.14. The van der Waals surface area contributed by atoms with Crippen molar-refractivity contribution in [3.05, 3.63) is 29.3 Å². The van der Waals surface area contributed by atoms with Gasteiger partial charge < -0.3 is 15.2 Å². The Morgan fingerprint density at radius 2 is 2.00 bits per heavy atom. The molecule has 0 fully saturated rings. The molecule has 0 radical (unpaired) electrons. The van der Waals surface area contributed by atoms with E-state index in [0.717, 1.165) is 5.75 Å². The van der Waals surface area contributed by atoms with Crippen LogP contribution in [0.5, 0.6) is 11.5 Å². The van der Waals surface area contributed by atoms with Crippen molar-refractivity contribution in [2.75, 3.05) is 12.4 Å². The molecule has 2 rings (SSSR count). The van der Waals surface area contributed by atoms with Crippen molar-refractivity contribution in [1.82, 2.24) is 10.2 Å². The lowest BCUT2D eigenvalue weighted by Gasteiger charge is -2.13. The van der Waals surface area contributed by atoms with E-state index in [-0.39, 0.29) is 5.91 Å². The van der Waals surface area contributed by atoms with Crippen LogP contribution in [0.3, 0.4) is 0 Å². The SMILES string of the molecule is COc1ccc(OC(C)C(=O)Nc2nnc(CN)s2)cc1. The number of amides is 1. The van der Waals surface area contributed by atoms with Crippen LogP contribution < -0.4 is 20.5 Å². The lowest BCUT2D eigenvalue weighted by molar-refractivity contribution is -0.122. The van der Waals surface area contributed by atoms with E-state index in [4.69, 9.17) is 15.2 Å². The summed E-state index contributed by atoms with van der Waals surface area (Å²) >= 11 is 1.24. The summed E-state index contributed by atoms with van der Waals surface area (Å²) in [5.41, 5.74) is 5.44. The summed E-state index contributed by atoms with van der Waals surface area (Å²) in [6.45, 7) is 1.95. The van der Waals surface area contributed by atoms with Crippen molar-refractivity contribution in [3.8, 4) is 11.5 Å². The number of rotatable bonds is 6. The van der Waals surface area contributed by atoms with Crippen molar-refractivity contribution >= 4 is 22.4 Å². The molecule has 1 atom stereocenters. The second-order valence-corrected chi connectivity index (χ2v) is 5.19. The molecule has 7 nitrogen and oxygen atoms in total. The molecule has 1 unspecified atom stereocenters. The minimum Gasteiger partial charge on any atom is -0.497 e. The predicted octanol–water partition coefficient (Wildman–Crippen LogP) is 1.41. The molecule has 0 saturated heterocycles. The lowest BCUT2D eigenvalue weighted by atomic mass is 10.3. The number of hydrogen-bond acceptors (Lipinski definition) is 7. The monoisotopic (exact) mass is 308 g/mol. The van der Waals surface area contributed by atoms with Crippen molar-refractivity contribution in [2.45, 2.75) is 19.6 Å². The van der Waals surface area contributed by atoms with Gasteiger partial charge >= 0.3 is 0 Å². The van der Waals surface area contributed by atoms with E-state index in [0.29, 0.717) is 22.4 Å². The van der Waals surface area contributed by atoms with Crippen LogP contribution in [0.4, 0.5) is 5.13 Å². The van der Waals surface area contributed by atoms with E-state index in [1.54, 1.807) is 38.3 Å². The molecule has 0 aliphatic rings. The molecule has 3 N–H and O–H groups in total. The fourth-order valence-electron chi connectivity index (χ4n) is 1.51. The van der Waals surface area contributed by atoms with E-state index in [9.17, 15) is 4.79 Å². The number of carbonyl (C=O) groups excluding carboxylic acids is 1. The number of carbonyl (C=O) groups is 1. The Hall–Kier alpha value is -2.19. The number of ether oxygens (including phenoxy) is 2. The van der Waals surface area contributed by atoms with Gasteiger partial charge in [0, 0.05) is 6.54 Å². The number of aromatic nitrogens is 2. The summed E-state index contributed by atoms with van der Waals surface area (Å²) in [4.78, 5) is 12.0. The van der Waals surface area contributed by atoms with Crippen LogP contribution in [0.25, 0.3) is 0 Å². The summed E-state index contributed by atoms with van der Waals surface area (Å²) in [6, 6.07) is 7.00. The smallest absolute Gasteiger partial charge is 0.266 e. The van der Waals surface area contributed by atoms with Crippen molar-refractivity contribution in [2.24, 2.45) is 5.73 Å². The van der Waals surface area contributed by atoms with E-state index >= 15 is 0 Å². The van der Waals surface area contributed by atoms with Crippen molar-refractivity contribution < 1.29 is 14.3 Å². The summed E-state index contributed by atoms with van der Waals surface area (Å²) in [7, 11) is 1.59. The number of benzene rings is 1.